The van der Waals surface area contributed by atoms with Gasteiger partial charge in [-0.05, 0) is 55.5 Å². The molecule has 5 nitrogen and oxygen atoms in total. The van der Waals surface area contributed by atoms with Gasteiger partial charge in [0.05, 0.1) is 29.6 Å². The number of carbonyl (C=O) groups is 1. The number of hydrogen-bond donors (Lipinski definition) is 1. The summed E-state index contributed by atoms with van der Waals surface area (Å²) in [6.07, 6.45) is 0. The van der Waals surface area contributed by atoms with Crippen molar-refractivity contribution >= 4 is 22.6 Å². The normalized spacial score (nSPS) is 17.0. The molecule has 0 saturated carbocycles. The molecule has 4 rings (SSSR count). The van der Waals surface area contributed by atoms with Crippen LogP contribution in [0.5, 0.6) is 0 Å². The molecule has 0 aliphatic carbocycles. The van der Waals surface area contributed by atoms with Crippen LogP contribution in [0.15, 0.2) is 48.5 Å². The van der Waals surface area contributed by atoms with E-state index in [1.165, 1.54) is 19.2 Å². The first-order valence-corrected chi connectivity index (χ1v) is 9.33. The third-order valence-electron chi connectivity index (χ3n) is 5.14. The summed E-state index contributed by atoms with van der Waals surface area (Å²) in [6, 6.07) is 14.1. The van der Waals surface area contributed by atoms with Crippen molar-refractivity contribution in [2.45, 2.75) is 13.0 Å². The maximum atomic E-state index is 13.4. The largest absolute Gasteiger partial charge is 0.465 e. The average Bonchev–Trinajstić information content (AvgIpc) is 2.73. The van der Waals surface area contributed by atoms with Gasteiger partial charge in [-0.1, -0.05) is 0 Å². The van der Waals surface area contributed by atoms with Gasteiger partial charge in [0.15, 0.2) is 0 Å². The number of halogens is 1. The Morgan fingerprint density at radius 3 is 2.71 bits per heavy atom. The summed E-state index contributed by atoms with van der Waals surface area (Å²) in [5.41, 5.74) is 3.92. The summed E-state index contributed by atoms with van der Waals surface area (Å²) in [7, 11) is 1.37. The van der Waals surface area contributed by atoms with Crippen molar-refractivity contribution in [3.8, 4) is 11.3 Å². The Labute approximate surface area is 163 Å². The second kappa shape index (κ2) is 7.56. The van der Waals surface area contributed by atoms with Crippen LogP contribution < -0.4 is 10.2 Å². The molecular weight excluding hydrogens is 357 g/mol. The predicted molar refractivity (Wildman–Crippen MR) is 108 cm³/mol. The first-order valence-electron chi connectivity index (χ1n) is 9.33. The number of carbonyl (C=O) groups excluding carboxylic acids is 1. The fraction of sp³-hybridized carbons (Fsp3) is 0.273. The van der Waals surface area contributed by atoms with Crippen LogP contribution in [0.25, 0.3) is 22.2 Å². The number of ether oxygens (including phenoxy) is 1. The standard InChI is InChI=1S/C22H22FN3O2/c1-14-13-24-9-10-26(14)20-12-17-11-16(22(27)28-2)5-8-19(17)25-21(20)15-3-6-18(23)7-4-15/h3-8,11-12,14,24H,9-10,13H2,1-2H3/t14-/m0/s1. The molecule has 6 heteroatoms. The van der Waals surface area contributed by atoms with Crippen molar-refractivity contribution < 1.29 is 13.9 Å². The Kier molecular flexibility index (Phi) is 4.96. The maximum absolute atomic E-state index is 13.4. The molecule has 1 fully saturated rings. The zero-order chi connectivity index (χ0) is 19.7. The summed E-state index contributed by atoms with van der Waals surface area (Å²) in [6.45, 7) is 4.77. The van der Waals surface area contributed by atoms with Gasteiger partial charge in [-0.15, -0.1) is 0 Å². The average molecular weight is 379 g/mol. The number of methoxy groups -OCH3 is 1. The van der Waals surface area contributed by atoms with Crippen LogP contribution in [-0.4, -0.2) is 43.7 Å². The Hall–Kier alpha value is -2.99. The molecule has 28 heavy (non-hydrogen) atoms. The molecular formula is C22H22FN3O2. The summed E-state index contributed by atoms with van der Waals surface area (Å²) in [5.74, 6) is -0.647. The van der Waals surface area contributed by atoms with Gasteiger partial charge < -0.3 is 15.0 Å². The fourth-order valence-corrected chi connectivity index (χ4v) is 3.65. The zero-order valence-electron chi connectivity index (χ0n) is 15.9. The van der Waals surface area contributed by atoms with E-state index >= 15 is 0 Å². The molecule has 3 aromatic rings. The van der Waals surface area contributed by atoms with E-state index in [9.17, 15) is 9.18 Å². The van der Waals surface area contributed by atoms with E-state index in [1.54, 1.807) is 24.3 Å². The Morgan fingerprint density at radius 1 is 1.21 bits per heavy atom. The highest BCUT2D eigenvalue weighted by Crippen LogP contribution is 2.34. The molecule has 0 spiro atoms. The number of hydrogen-bond acceptors (Lipinski definition) is 5. The van der Waals surface area contributed by atoms with Crippen LogP contribution >= 0.6 is 0 Å². The number of rotatable bonds is 3. The van der Waals surface area contributed by atoms with Crippen molar-refractivity contribution in [2.75, 3.05) is 31.6 Å². The molecule has 2 heterocycles. The first kappa shape index (κ1) is 18.4. The van der Waals surface area contributed by atoms with Crippen LogP contribution in [0.2, 0.25) is 0 Å². The van der Waals surface area contributed by atoms with E-state index < -0.39 is 0 Å². The Balaban J connectivity index is 1.90. The molecule has 1 aliphatic rings. The SMILES string of the molecule is COC(=O)c1ccc2nc(-c3ccc(F)cc3)c(N3CCNC[C@@H]3C)cc2c1. The highest BCUT2D eigenvalue weighted by Gasteiger charge is 2.23. The number of nitrogens with one attached hydrogen (secondary N) is 1. The Bertz CT molecular complexity index is 1020. The van der Waals surface area contributed by atoms with Crippen LogP contribution in [0.3, 0.4) is 0 Å². The third-order valence-corrected chi connectivity index (χ3v) is 5.14. The number of pyridine rings is 1. The second-order valence-corrected chi connectivity index (χ2v) is 7.01. The van der Waals surface area contributed by atoms with Crippen molar-refractivity contribution in [2.24, 2.45) is 0 Å². The predicted octanol–water partition coefficient (Wildman–Crippen LogP) is 3.63. The van der Waals surface area contributed by atoms with E-state index in [0.29, 0.717) is 5.56 Å². The number of anilines is 1. The van der Waals surface area contributed by atoms with Gasteiger partial charge in [-0.2, -0.15) is 0 Å². The lowest BCUT2D eigenvalue weighted by Crippen LogP contribution is -2.50. The van der Waals surface area contributed by atoms with Crippen LogP contribution in [-0.2, 0) is 4.74 Å². The molecule has 0 radical (unpaired) electrons. The van der Waals surface area contributed by atoms with Crippen LogP contribution in [0, 0.1) is 5.82 Å². The quantitative estimate of drug-likeness (QED) is 0.705. The van der Waals surface area contributed by atoms with Gasteiger partial charge >= 0.3 is 5.97 Å². The number of benzene rings is 2. The summed E-state index contributed by atoms with van der Waals surface area (Å²) < 4.78 is 18.3. The molecule has 1 saturated heterocycles. The molecule has 0 amide bonds. The van der Waals surface area contributed by atoms with Crippen molar-refractivity contribution in [1.82, 2.24) is 10.3 Å². The highest BCUT2D eigenvalue weighted by atomic mass is 19.1. The summed E-state index contributed by atoms with van der Waals surface area (Å²) in [5, 5.41) is 4.27. The van der Waals surface area contributed by atoms with Gasteiger partial charge in [-0.3, -0.25) is 0 Å². The number of aromatic nitrogens is 1. The molecule has 2 aromatic carbocycles. The van der Waals surface area contributed by atoms with Crippen molar-refractivity contribution in [3.05, 3.63) is 59.9 Å². The number of nitrogens with zero attached hydrogens (tertiary/aromatic N) is 2. The molecule has 1 N–H and O–H groups in total. The van der Waals surface area contributed by atoms with Gasteiger partial charge in [0.25, 0.3) is 0 Å². The van der Waals surface area contributed by atoms with Gasteiger partial charge in [0.1, 0.15) is 5.82 Å². The molecule has 1 aliphatic heterocycles. The lowest BCUT2D eigenvalue weighted by Gasteiger charge is -2.37. The fourth-order valence-electron chi connectivity index (χ4n) is 3.65. The van der Waals surface area contributed by atoms with Gasteiger partial charge in [0.2, 0.25) is 0 Å². The van der Waals surface area contributed by atoms with Crippen molar-refractivity contribution in [1.29, 1.82) is 0 Å². The molecule has 0 bridgehead atoms. The molecule has 144 valence electrons. The monoisotopic (exact) mass is 379 g/mol. The molecule has 1 atom stereocenters. The van der Waals surface area contributed by atoms with E-state index in [1.807, 2.05) is 6.07 Å². The lowest BCUT2D eigenvalue weighted by molar-refractivity contribution is 0.0601. The van der Waals surface area contributed by atoms with Crippen LogP contribution in [0.1, 0.15) is 17.3 Å². The van der Waals surface area contributed by atoms with Crippen LogP contribution in [0.4, 0.5) is 10.1 Å². The first-order chi connectivity index (χ1) is 13.6. The minimum absolute atomic E-state index is 0.274. The zero-order valence-corrected chi connectivity index (χ0v) is 15.9. The number of piperazine rings is 1. The highest BCUT2D eigenvalue weighted by molar-refractivity contribution is 5.96. The van der Waals surface area contributed by atoms with Gasteiger partial charge in [0, 0.05) is 36.6 Å². The summed E-state index contributed by atoms with van der Waals surface area (Å²) >= 11 is 0. The Morgan fingerprint density at radius 2 is 2.00 bits per heavy atom. The topological polar surface area (TPSA) is 54.5 Å². The van der Waals surface area contributed by atoms with Gasteiger partial charge in [-0.25, -0.2) is 14.2 Å². The molecule has 1 aromatic heterocycles. The van der Waals surface area contributed by atoms with E-state index in [0.717, 1.165) is 47.5 Å². The maximum Gasteiger partial charge on any atom is 0.337 e. The minimum Gasteiger partial charge on any atom is -0.465 e. The summed E-state index contributed by atoms with van der Waals surface area (Å²) in [4.78, 5) is 19.1. The third kappa shape index (κ3) is 3.43. The van der Waals surface area contributed by atoms with Crippen molar-refractivity contribution in [3.63, 3.8) is 0 Å². The lowest BCUT2D eigenvalue weighted by atomic mass is 10.0. The molecule has 0 unspecified atom stereocenters. The second-order valence-electron chi connectivity index (χ2n) is 7.01. The smallest absolute Gasteiger partial charge is 0.337 e. The minimum atomic E-state index is -0.374. The van der Waals surface area contributed by atoms with E-state index in [2.05, 4.69) is 23.2 Å². The van der Waals surface area contributed by atoms with E-state index in [-0.39, 0.29) is 17.8 Å². The number of esters is 1. The van der Waals surface area contributed by atoms with E-state index in [4.69, 9.17) is 9.72 Å². The number of fused-ring (bicyclic) bond motifs is 1.